The third-order valence-electron chi connectivity index (χ3n) is 2.80. The molecule has 0 aromatic heterocycles. The van der Waals surface area contributed by atoms with Gasteiger partial charge >= 0.3 is 0 Å². The van der Waals surface area contributed by atoms with Crippen molar-refractivity contribution in [2.75, 3.05) is 0 Å². The lowest BCUT2D eigenvalue weighted by atomic mass is 10.1. The summed E-state index contributed by atoms with van der Waals surface area (Å²) in [5, 5.41) is 18.5. The van der Waals surface area contributed by atoms with E-state index in [-0.39, 0.29) is 12.4 Å². The number of aliphatic hydroxyl groups is 2. The molecule has 4 heteroatoms. The van der Waals surface area contributed by atoms with E-state index in [1.165, 1.54) is 12.1 Å². The molecule has 100 valence electrons. The van der Waals surface area contributed by atoms with Crippen molar-refractivity contribution in [1.82, 2.24) is 0 Å². The van der Waals surface area contributed by atoms with E-state index in [2.05, 4.69) is 0 Å². The lowest BCUT2D eigenvalue weighted by Crippen LogP contribution is -1.96. The van der Waals surface area contributed by atoms with Crippen LogP contribution in [-0.4, -0.2) is 10.2 Å². The van der Waals surface area contributed by atoms with E-state index in [1.807, 2.05) is 0 Å². The highest BCUT2D eigenvalue weighted by molar-refractivity contribution is 5.39. The Morgan fingerprint density at radius 2 is 1.89 bits per heavy atom. The molecule has 0 amide bonds. The summed E-state index contributed by atoms with van der Waals surface area (Å²) in [6.07, 6.45) is -0.728. The fraction of sp³-hybridized carbons (Fsp3) is 0.200. The van der Waals surface area contributed by atoms with Gasteiger partial charge in [-0.1, -0.05) is 24.3 Å². The summed E-state index contributed by atoms with van der Waals surface area (Å²) < 4.78 is 19.3. The lowest BCUT2D eigenvalue weighted by Gasteiger charge is -2.12. The second kappa shape index (κ2) is 5.82. The van der Waals surface area contributed by atoms with Gasteiger partial charge < -0.3 is 14.9 Å². The van der Waals surface area contributed by atoms with Crippen LogP contribution in [-0.2, 0) is 6.61 Å². The second-order valence-electron chi connectivity index (χ2n) is 4.23. The maximum absolute atomic E-state index is 13.8. The van der Waals surface area contributed by atoms with Crippen molar-refractivity contribution in [3.05, 3.63) is 59.4 Å². The van der Waals surface area contributed by atoms with E-state index in [9.17, 15) is 14.6 Å². The molecule has 2 aromatic carbocycles. The minimum absolute atomic E-state index is 0.0605. The summed E-state index contributed by atoms with van der Waals surface area (Å²) in [6, 6.07) is 11.2. The predicted octanol–water partition coefficient (Wildman–Crippen LogP) is 3.16. The fourth-order valence-corrected chi connectivity index (χ4v) is 1.71. The van der Waals surface area contributed by atoms with Crippen molar-refractivity contribution in [3.63, 3.8) is 0 Å². The maximum Gasteiger partial charge on any atom is 0.166 e. The highest BCUT2D eigenvalue weighted by atomic mass is 19.1. The zero-order valence-electron chi connectivity index (χ0n) is 10.5. The highest BCUT2D eigenvalue weighted by Crippen LogP contribution is 2.29. The molecular weight excluding hydrogens is 247 g/mol. The van der Waals surface area contributed by atoms with Gasteiger partial charge in [-0.2, -0.15) is 0 Å². The maximum atomic E-state index is 13.8. The topological polar surface area (TPSA) is 49.7 Å². The van der Waals surface area contributed by atoms with Crippen molar-refractivity contribution < 1.29 is 19.3 Å². The number of hydrogen-bond acceptors (Lipinski definition) is 3. The van der Waals surface area contributed by atoms with Gasteiger partial charge in [0.15, 0.2) is 11.6 Å². The second-order valence-corrected chi connectivity index (χ2v) is 4.23. The SMILES string of the molecule is CC(O)c1ccc(Oc2ccccc2CO)c(F)c1. The molecule has 0 heterocycles. The summed E-state index contributed by atoms with van der Waals surface area (Å²) in [5.41, 5.74) is 1.07. The third-order valence-corrected chi connectivity index (χ3v) is 2.80. The van der Waals surface area contributed by atoms with Gasteiger partial charge in [-0.15, -0.1) is 0 Å². The average molecular weight is 262 g/mol. The smallest absolute Gasteiger partial charge is 0.166 e. The molecule has 2 rings (SSSR count). The van der Waals surface area contributed by atoms with Gasteiger partial charge in [0, 0.05) is 5.56 Å². The number of hydrogen-bond donors (Lipinski definition) is 2. The van der Waals surface area contributed by atoms with Crippen molar-refractivity contribution in [2.45, 2.75) is 19.6 Å². The Labute approximate surface area is 110 Å². The van der Waals surface area contributed by atoms with Crippen LogP contribution in [0.3, 0.4) is 0 Å². The molecule has 3 nitrogen and oxygen atoms in total. The normalized spacial score (nSPS) is 12.2. The van der Waals surface area contributed by atoms with Gasteiger partial charge in [0.1, 0.15) is 5.75 Å². The Balaban J connectivity index is 2.28. The van der Waals surface area contributed by atoms with Gasteiger partial charge in [-0.25, -0.2) is 4.39 Å². The monoisotopic (exact) mass is 262 g/mol. The van der Waals surface area contributed by atoms with Crippen LogP contribution in [0.15, 0.2) is 42.5 Å². The van der Waals surface area contributed by atoms with Crippen molar-refractivity contribution >= 4 is 0 Å². The standard InChI is InChI=1S/C15H15FO3/c1-10(18)11-6-7-15(13(16)8-11)19-14-5-3-2-4-12(14)9-17/h2-8,10,17-18H,9H2,1H3. The van der Waals surface area contributed by atoms with E-state index in [1.54, 1.807) is 37.3 Å². The van der Waals surface area contributed by atoms with E-state index in [0.717, 1.165) is 0 Å². The molecule has 0 saturated heterocycles. The van der Waals surface area contributed by atoms with Crippen LogP contribution in [0, 0.1) is 5.82 Å². The highest BCUT2D eigenvalue weighted by Gasteiger charge is 2.10. The Morgan fingerprint density at radius 1 is 1.16 bits per heavy atom. The molecule has 0 saturated carbocycles. The molecule has 0 aliphatic carbocycles. The summed E-state index contributed by atoms with van der Waals surface area (Å²) in [5.74, 6) is -0.0786. The van der Waals surface area contributed by atoms with Crippen LogP contribution >= 0.6 is 0 Å². The average Bonchev–Trinajstić information content (AvgIpc) is 2.41. The van der Waals surface area contributed by atoms with E-state index in [4.69, 9.17) is 4.74 Å². The first-order valence-electron chi connectivity index (χ1n) is 5.96. The summed E-state index contributed by atoms with van der Waals surface area (Å²) in [4.78, 5) is 0. The largest absolute Gasteiger partial charge is 0.454 e. The van der Waals surface area contributed by atoms with Gasteiger partial charge in [0.2, 0.25) is 0 Å². The molecule has 2 aromatic rings. The first-order valence-corrected chi connectivity index (χ1v) is 5.96. The van der Waals surface area contributed by atoms with Gasteiger partial charge in [0.25, 0.3) is 0 Å². The minimum Gasteiger partial charge on any atom is -0.454 e. The molecule has 1 atom stereocenters. The zero-order chi connectivity index (χ0) is 13.8. The first-order chi connectivity index (χ1) is 9.11. The number of ether oxygens (including phenoxy) is 1. The number of para-hydroxylation sites is 1. The van der Waals surface area contributed by atoms with E-state index < -0.39 is 11.9 Å². The van der Waals surface area contributed by atoms with Crippen LogP contribution in [0.4, 0.5) is 4.39 Å². The van der Waals surface area contributed by atoms with E-state index in [0.29, 0.717) is 16.9 Å². The van der Waals surface area contributed by atoms with Crippen LogP contribution in [0.5, 0.6) is 11.5 Å². The molecule has 0 radical (unpaired) electrons. The van der Waals surface area contributed by atoms with Crippen LogP contribution in [0.2, 0.25) is 0 Å². The third kappa shape index (κ3) is 3.10. The molecule has 1 unspecified atom stereocenters. The fourth-order valence-electron chi connectivity index (χ4n) is 1.71. The first kappa shape index (κ1) is 13.5. The molecule has 2 N–H and O–H groups in total. The quantitative estimate of drug-likeness (QED) is 0.889. The summed E-state index contributed by atoms with van der Waals surface area (Å²) in [6.45, 7) is 1.39. The van der Waals surface area contributed by atoms with Crippen LogP contribution in [0.25, 0.3) is 0 Å². The minimum atomic E-state index is -0.728. The molecule has 19 heavy (non-hydrogen) atoms. The van der Waals surface area contributed by atoms with Gasteiger partial charge in [-0.3, -0.25) is 0 Å². The molecule has 0 fully saturated rings. The lowest BCUT2D eigenvalue weighted by molar-refractivity contribution is 0.198. The molecule has 0 aliphatic heterocycles. The van der Waals surface area contributed by atoms with Crippen LogP contribution in [0.1, 0.15) is 24.2 Å². The van der Waals surface area contributed by atoms with Gasteiger partial charge in [0.05, 0.1) is 12.7 Å². The Hall–Kier alpha value is -1.91. The predicted molar refractivity (Wildman–Crippen MR) is 69.5 cm³/mol. The number of benzene rings is 2. The number of rotatable bonds is 4. The Kier molecular flexibility index (Phi) is 4.14. The van der Waals surface area contributed by atoms with Crippen molar-refractivity contribution in [3.8, 4) is 11.5 Å². The molecule has 0 spiro atoms. The van der Waals surface area contributed by atoms with Crippen LogP contribution < -0.4 is 4.74 Å². The summed E-state index contributed by atoms with van der Waals surface area (Å²) >= 11 is 0. The van der Waals surface area contributed by atoms with Gasteiger partial charge in [-0.05, 0) is 30.7 Å². The summed E-state index contributed by atoms with van der Waals surface area (Å²) in [7, 11) is 0. The zero-order valence-corrected chi connectivity index (χ0v) is 10.5. The number of halogens is 1. The van der Waals surface area contributed by atoms with Crippen molar-refractivity contribution in [2.24, 2.45) is 0 Å². The molecular formula is C15H15FO3. The molecule has 0 aliphatic rings. The van der Waals surface area contributed by atoms with E-state index >= 15 is 0 Å². The van der Waals surface area contributed by atoms with Crippen molar-refractivity contribution in [1.29, 1.82) is 0 Å². The Bertz CT molecular complexity index is 567. The Morgan fingerprint density at radius 3 is 2.53 bits per heavy atom. The number of aliphatic hydroxyl groups excluding tert-OH is 2. The molecule has 0 bridgehead atoms.